The van der Waals surface area contributed by atoms with Crippen molar-refractivity contribution in [3.05, 3.63) is 0 Å². The molecule has 1 fully saturated rings. The molecule has 0 radical (unpaired) electrons. The van der Waals surface area contributed by atoms with E-state index in [1.807, 2.05) is 6.92 Å². The van der Waals surface area contributed by atoms with Gasteiger partial charge in [-0.15, -0.1) is 0 Å². The van der Waals surface area contributed by atoms with Gasteiger partial charge in [0.1, 0.15) is 6.10 Å². The van der Waals surface area contributed by atoms with Crippen LogP contribution in [0.4, 0.5) is 0 Å². The molecule has 82 valence electrons. The lowest BCUT2D eigenvalue weighted by Crippen LogP contribution is -2.34. The molecule has 0 aromatic heterocycles. The van der Waals surface area contributed by atoms with Crippen molar-refractivity contribution in [2.24, 2.45) is 5.92 Å². The molecule has 1 aliphatic rings. The molecule has 0 aromatic carbocycles. The molecule has 2 atom stereocenters. The average Bonchev–Trinajstić information content (AvgIpc) is 2.65. The maximum absolute atomic E-state index is 11.4. The molecule has 0 aliphatic carbocycles. The lowest BCUT2D eigenvalue weighted by atomic mass is 10.1. The first-order valence-corrected chi connectivity index (χ1v) is 5.14. The zero-order chi connectivity index (χ0) is 10.6. The first-order chi connectivity index (χ1) is 6.61. The topological polar surface area (TPSA) is 41.6 Å². The van der Waals surface area contributed by atoms with Crippen molar-refractivity contribution in [2.45, 2.75) is 19.4 Å². The quantitative estimate of drug-likeness (QED) is 0.699. The molecule has 1 amide bonds. The summed E-state index contributed by atoms with van der Waals surface area (Å²) in [6.07, 6.45) is 0.841. The normalized spacial score (nSPS) is 23.5. The van der Waals surface area contributed by atoms with Crippen LogP contribution in [-0.2, 0) is 9.53 Å². The van der Waals surface area contributed by atoms with Crippen molar-refractivity contribution in [2.75, 3.05) is 33.8 Å². The Labute approximate surface area is 85.6 Å². The van der Waals surface area contributed by atoms with Crippen LogP contribution in [-0.4, -0.2) is 50.7 Å². The molecule has 0 bridgehead atoms. The van der Waals surface area contributed by atoms with Crippen LogP contribution in [0.5, 0.6) is 0 Å². The van der Waals surface area contributed by atoms with Crippen LogP contribution in [0, 0.1) is 5.92 Å². The maximum Gasteiger partial charge on any atom is 0.250 e. The second-order valence-corrected chi connectivity index (χ2v) is 4.07. The van der Waals surface area contributed by atoms with E-state index in [2.05, 4.69) is 5.32 Å². The van der Waals surface area contributed by atoms with Gasteiger partial charge in [0, 0.05) is 20.6 Å². The lowest BCUT2D eigenvalue weighted by molar-refractivity contribution is -0.140. The minimum absolute atomic E-state index is 0.0379. The molecule has 0 spiro atoms. The number of rotatable bonds is 4. The van der Waals surface area contributed by atoms with Crippen molar-refractivity contribution in [1.29, 1.82) is 0 Å². The fraction of sp³-hybridized carbons (Fsp3) is 0.900. The summed E-state index contributed by atoms with van der Waals surface area (Å²) in [5.41, 5.74) is 0. The Hall–Kier alpha value is -0.610. The monoisotopic (exact) mass is 200 g/mol. The van der Waals surface area contributed by atoms with Crippen LogP contribution >= 0.6 is 0 Å². The van der Waals surface area contributed by atoms with Crippen LogP contribution in [0.25, 0.3) is 0 Å². The van der Waals surface area contributed by atoms with Crippen molar-refractivity contribution in [3.8, 4) is 0 Å². The Morgan fingerprint density at radius 2 is 2.36 bits per heavy atom. The smallest absolute Gasteiger partial charge is 0.250 e. The number of ether oxygens (including phenoxy) is 1. The third-order valence-electron chi connectivity index (χ3n) is 2.53. The number of nitrogens with zero attached hydrogens (tertiary/aromatic N) is 1. The van der Waals surface area contributed by atoms with Gasteiger partial charge in [-0.3, -0.25) is 4.79 Å². The first kappa shape index (κ1) is 11.5. The summed E-state index contributed by atoms with van der Waals surface area (Å²) in [6.45, 7) is 4.59. The van der Waals surface area contributed by atoms with Gasteiger partial charge in [-0.2, -0.15) is 0 Å². The Kier molecular flexibility index (Phi) is 4.35. The van der Waals surface area contributed by atoms with E-state index in [1.54, 1.807) is 19.0 Å². The highest BCUT2D eigenvalue weighted by Gasteiger charge is 2.19. The van der Waals surface area contributed by atoms with E-state index in [0.717, 1.165) is 19.5 Å². The molecule has 1 aliphatic heterocycles. The van der Waals surface area contributed by atoms with Gasteiger partial charge >= 0.3 is 0 Å². The van der Waals surface area contributed by atoms with E-state index < -0.39 is 0 Å². The number of amides is 1. The van der Waals surface area contributed by atoms with Gasteiger partial charge in [-0.05, 0) is 25.8 Å². The molecule has 0 saturated carbocycles. The molecule has 4 nitrogen and oxygen atoms in total. The van der Waals surface area contributed by atoms with E-state index in [0.29, 0.717) is 12.5 Å². The van der Waals surface area contributed by atoms with E-state index >= 15 is 0 Å². The zero-order valence-electron chi connectivity index (χ0n) is 9.25. The Balaban J connectivity index is 2.19. The van der Waals surface area contributed by atoms with E-state index in [9.17, 15) is 4.79 Å². The highest BCUT2D eigenvalue weighted by atomic mass is 16.5. The average molecular weight is 200 g/mol. The Morgan fingerprint density at radius 1 is 1.64 bits per heavy atom. The molecular weight excluding hydrogens is 180 g/mol. The first-order valence-electron chi connectivity index (χ1n) is 5.14. The van der Waals surface area contributed by atoms with Crippen LogP contribution in [0.2, 0.25) is 0 Å². The largest absolute Gasteiger partial charge is 0.368 e. The number of carbonyl (C=O) groups excluding carboxylic acids is 1. The van der Waals surface area contributed by atoms with E-state index in [4.69, 9.17) is 4.74 Å². The summed E-state index contributed by atoms with van der Waals surface area (Å²) in [4.78, 5) is 13.0. The van der Waals surface area contributed by atoms with Gasteiger partial charge in [0.05, 0.1) is 6.61 Å². The van der Waals surface area contributed by atoms with Crippen molar-refractivity contribution >= 4 is 5.91 Å². The highest BCUT2D eigenvalue weighted by Crippen LogP contribution is 2.09. The molecule has 1 N–H and O–H groups in total. The summed E-state index contributed by atoms with van der Waals surface area (Å²) in [6, 6.07) is 0. The maximum atomic E-state index is 11.4. The summed E-state index contributed by atoms with van der Waals surface area (Å²) in [7, 11) is 3.50. The standard InChI is InChI=1S/C10H20N2O2/c1-8(10(13)12(2)3)14-7-9-4-5-11-6-9/h8-9,11H,4-7H2,1-3H3. The fourth-order valence-electron chi connectivity index (χ4n) is 1.57. The third-order valence-corrected chi connectivity index (χ3v) is 2.53. The zero-order valence-corrected chi connectivity index (χ0v) is 9.25. The third kappa shape index (κ3) is 3.27. The van der Waals surface area contributed by atoms with Crippen LogP contribution in [0.15, 0.2) is 0 Å². The number of hydrogen-bond acceptors (Lipinski definition) is 3. The Morgan fingerprint density at radius 3 is 2.86 bits per heavy atom. The molecule has 4 heteroatoms. The molecule has 1 saturated heterocycles. The van der Waals surface area contributed by atoms with Gasteiger partial charge in [0.2, 0.25) is 0 Å². The van der Waals surface area contributed by atoms with Crippen molar-refractivity contribution in [3.63, 3.8) is 0 Å². The predicted molar refractivity (Wildman–Crippen MR) is 55.1 cm³/mol. The predicted octanol–water partition coefficient (Wildman–Crippen LogP) is 0.0892. The Bertz CT molecular complexity index is 189. The molecule has 1 rings (SSSR count). The van der Waals surface area contributed by atoms with Gasteiger partial charge in [-0.25, -0.2) is 0 Å². The van der Waals surface area contributed by atoms with Crippen LogP contribution in [0.1, 0.15) is 13.3 Å². The molecule has 2 unspecified atom stereocenters. The highest BCUT2D eigenvalue weighted by molar-refractivity contribution is 5.79. The van der Waals surface area contributed by atoms with Gasteiger partial charge in [0.15, 0.2) is 0 Å². The molecule has 1 heterocycles. The molecular formula is C10H20N2O2. The van der Waals surface area contributed by atoms with Gasteiger partial charge < -0.3 is 15.0 Å². The van der Waals surface area contributed by atoms with Gasteiger partial charge in [0.25, 0.3) is 5.91 Å². The minimum Gasteiger partial charge on any atom is -0.368 e. The lowest BCUT2D eigenvalue weighted by Gasteiger charge is -2.18. The molecule has 14 heavy (non-hydrogen) atoms. The second-order valence-electron chi connectivity index (χ2n) is 4.07. The minimum atomic E-state index is -0.314. The molecule has 0 aromatic rings. The van der Waals surface area contributed by atoms with Crippen molar-refractivity contribution in [1.82, 2.24) is 10.2 Å². The summed E-state index contributed by atoms with van der Waals surface area (Å²) < 4.78 is 5.52. The number of hydrogen-bond donors (Lipinski definition) is 1. The summed E-state index contributed by atoms with van der Waals surface area (Å²) in [5, 5.41) is 3.27. The van der Waals surface area contributed by atoms with E-state index in [-0.39, 0.29) is 12.0 Å². The fourth-order valence-corrected chi connectivity index (χ4v) is 1.57. The van der Waals surface area contributed by atoms with Crippen LogP contribution in [0.3, 0.4) is 0 Å². The van der Waals surface area contributed by atoms with Crippen LogP contribution < -0.4 is 5.32 Å². The second kappa shape index (κ2) is 5.32. The van der Waals surface area contributed by atoms with Crippen molar-refractivity contribution < 1.29 is 9.53 Å². The number of nitrogens with one attached hydrogen (secondary N) is 1. The SMILES string of the molecule is CC(OCC1CCNC1)C(=O)N(C)C. The van der Waals surface area contributed by atoms with E-state index in [1.165, 1.54) is 0 Å². The van der Waals surface area contributed by atoms with Gasteiger partial charge in [-0.1, -0.05) is 0 Å². The summed E-state index contributed by atoms with van der Waals surface area (Å²) >= 11 is 0. The number of carbonyl (C=O) groups is 1. The summed E-state index contributed by atoms with van der Waals surface area (Å²) in [5.74, 6) is 0.614. The number of likely N-dealkylation sites (N-methyl/N-ethyl adjacent to an activating group) is 1.